The fourth-order valence-electron chi connectivity index (χ4n) is 3.73. The van der Waals surface area contributed by atoms with Crippen LogP contribution in [0.2, 0.25) is 0 Å². The van der Waals surface area contributed by atoms with E-state index in [1.807, 2.05) is 41.3 Å². The average molecular weight is 446 g/mol. The molecule has 1 amide bonds. The Bertz CT molecular complexity index is 1170. The monoisotopic (exact) mass is 445 g/mol. The van der Waals surface area contributed by atoms with Gasteiger partial charge in [-0.3, -0.25) is 14.5 Å². The third-order valence-corrected chi connectivity index (χ3v) is 5.68. The summed E-state index contributed by atoms with van der Waals surface area (Å²) in [6, 6.07) is 15.4. The summed E-state index contributed by atoms with van der Waals surface area (Å²) in [6.07, 6.45) is 4.76. The van der Waals surface area contributed by atoms with E-state index in [0.29, 0.717) is 31.2 Å². The number of nitrogens with zero attached hydrogens (tertiary/aromatic N) is 3. The molecule has 1 fully saturated rings. The topological polar surface area (TPSA) is 96.4 Å². The smallest absolute Gasteiger partial charge is 0.323 e. The molecule has 1 aliphatic rings. The van der Waals surface area contributed by atoms with Crippen molar-refractivity contribution in [3.05, 3.63) is 72.6 Å². The van der Waals surface area contributed by atoms with Gasteiger partial charge in [-0.2, -0.15) is 0 Å². The van der Waals surface area contributed by atoms with Crippen LogP contribution in [0.4, 0.5) is 11.5 Å². The molecule has 3 aromatic rings. The van der Waals surface area contributed by atoms with E-state index < -0.39 is 0 Å². The van der Waals surface area contributed by atoms with Gasteiger partial charge in [-0.05, 0) is 37.6 Å². The normalized spacial score (nSPS) is 17.6. The van der Waals surface area contributed by atoms with Crippen molar-refractivity contribution in [3.63, 3.8) is 0 Å². The molecule has 0 radical (unpaired) electrons. The van der Waals surface area contributed by atoms with E-state index in [1.54, 1.807) is 13.0 Å². The zero-order valence-corrected chi connectivity index (χ0v) is 18.7. The second-order valence-corrected chi connectivity index (χ2v) is 7.96. The molecular formula is C25H27N5O3. The molecule has 2 atom stereocenters. The van der Waals surface area contributed by atoms with E-state index in [-0.39, 0.29) is 24.0 Å². The van der Waals surface area contributed by atoms with Gasteiger partial charge >= 0.3 is 5.97 Å². The molecule has 2 N–H and O–H groups in total. The third-order valence-electron chi connectivity index (χ3n) is 5.68. The van der Waals surface area contributed by atoms with Crippen molar-refractivity contribution in [2.45, 2.75) is 25.9 Å². The third kappa shape index (κ3) is 5.53. The van der Waals surface area contributed by atoms with Gasteiger partial charge < -0.3 is 15.4 Å². The molecule has 170 valence electrons. The standard InChI is InChI=1S/C25H27N5O3/c1-17(19-7-4-3-5-8-19)28-24-21-15-20(10-11-22(21)26-16-27-24)29-23(31)9-6-12-30-13-14-33-25(32)18(30)2/h3-11,15-18H,12-14H2,1-2H3,(H,29,31)(H,26,27,28)/b9-6+/t17-,18+/m1/s1. The Kier molecular flexibility index (Phi) is 6.95. The van der Waals surface area contributed by atoms with Gasteiger partial charge in [0.1, 0.15) is 24.8 Å². The van der Waals surface area contributed by atoms with Crippen LogP contribution in [0.1, 0.15) is 25.5 Å². The SMILES string of the molecule is C[C@@H](Nc1ncnc2ccc(NC(=O)/C=C/CN3CCOC(=O)[C@@H]3C)cc12)c1ccccc1. The van der Waals surface area contributed by atoms with Crippen LogP contribution >= 0.6 is 0 Å². The molecule has 0 unspecified atom stereocenters. The molecule has 33 heavy (non-hydrogen) atoms. The van der Waals surface area contributed by atoms with Crippen LogP contribution in [0, 0.1) is 0 Å². The summed E-state index contributed by atoms with van der Waals surface area (Å²) in [6.45, 7) is 5.41. The molecule has 2 heterocycles. The Hall–Kier alpha value is -3.78. The summed E-state index contributed by atoms with van der Waals surface area (Å²) in [4.78, 5) is 34.8. The summed E-state index contributed by atoms with van der Waals surface area (Å²) >= 11 is 0. The van der Waals surface area contributed by atoms with Crippen LogP contribution < -0.4 is 10.6 Å². The number of benzene rings is 2. The molecule has 1 aliphatic heterocycles. The minimum atomic E-state index is -0.309. The lowest BCUT2D eigenvalue weighted by molar-refractivity contribution is -0.155. The Balaban J connectivity index is 1.43. The first-order chi connectivity index (χ1) is 16.0. The van der Waals surface area contributed by atoms with Gasteiger partial charge in [0.2, 0.25) is 5.91 Å². The van der Waals surface area contributed by atoms with Crippen LogP contribution in [0.5, 0.6) is 0 Å². The van der Waals surface area contributed by atoms with Gasteiger partial charge in [0.25, 0.3) is 0 Å². The van der Waals surface area contributed by atoms with E-state index in [9.17, 15) is 9.59 Å². The molecule has 2 aromatic carbocycles. The zero-order valence-electron chi connectivity index (χ0n) is 18.7. The van der Waals surface area contributed by atoms with Crippen LogP contribution in [-0.2, 0) is 14.3 Å². The number of nitrogens with one attached hydrogen (secondary N) is 2. The number of fused-ring (bicyclic) bond motifs is 1. The highest BCUT2D eigenvalue weighted by atomic mass is 16.5. The number of ether oxygens (including phenoxy) is 1. The largest absolute Gasteiger partial charge is 0.463 e. The molecule has 0 spiro atoms. The second kappa shape index (κ2) is 10.2. The number of hydrogen-bond acceptors (Lipinski definition) is 7. The van der Waals surface area contributed by atoms with Crippen molar-refractivity contribution in [1.82, 2.24) is 14.9 Å². The number of amides is 1. The molecule has 0 bridgehead atoms. The first-order valence-electron chi connectivity index (χ1n) is 11.0. The first-order valence-corrected chi connectivity index (χ1v) is 11.0. The Morgan fingerprint density at radius 2 is 2.06 bits per heavy atom. The number of rotatable bonds is 7. The van der Waals surface area contributed by atoms with E-state index in [0.717, 1.165) is 16.5 Å². The van der Waals surface area contributed by atoms with Crippen molar-refractivity contribution < 1.29 is 14.3 Å². The van der Waals surface area contributed by atoms with Crippen molar-refractivity contribution in [2.24, 2.45) is 0 Å². The van der Waals surface area contributed by atoms with Crippen molar-refractivity contribution in [2.75, 3.05) is 30.3 Å². The summed E-state index contributed by atoms with van der Waals surface area (Å²) < 4.78 is 5.02. The molecule has 8 nitrogen and oxygen atoms in total. The maximum absolute atomic E-state index is 12.4. The lowest BCUT2D eigenvalue weighted by atomic mass is 10.1. The van der Waals surface area contributed by atoms with E-state index in [2.05, 4.69) is 39.7 Å². The predicted octanol–water partition coefficient (Wildman–Crippen LogP) is 3.54. The first kappa shape index (κ1) is 22.4. The van der Waals surface area contributed by atoms with E-state index in [1.165, 1.54) is 12.4 Å². The zero-order chi connectivity index (χ0) is 23.2. The van der Waals surface area contributed by atoms with Crippen LogP contribution in [0.15, 0.2) is 67.0 Å². The van der Waals surface area contributed by atoms with Gasteiger partial charge in [-0.25, -0.2) is 9.97 Å². The summed E-state index contributed by atoms with van der Waals surface area (Å²) in [5, 5.41) is 7.15. The molecule has 8 heteroatoms. The molecule has 1 saturated heterocycles. The molecular weight excluding hydrogens is 418 g/mol. The molecule has 0 saturated carbocycles. The minimum Gasteiger partial charge on any atom is -0.463 e. The van der Waals surface area contributed by atoms with Gasteiger partial charge in [0.05, 0.1) is 5.52 Å². The van der Waals surface area contributed by atoms with Crippen molar-refractivity contribution in [3.8, 4) is 0 Å². The highest BCUT2D eigenvalue weighted by Gasteiger charge is 2.26. The van der Waals surface area contributed by atoms with Gasteiger partial charge in [-0.1, -0.05) is 36.4 Å². The van der Waals surface area contributed by atoms with Gasteiger partial charge in [-0.15, -0.1) is 0 Å². The van der Waals surface area contributed by atoms with Crippen molar-refractivity contribution >= 4 is 34.3 Å². The van der Waals surface area contributed by atoms with Gasteiger partial charge in [0, 0.05) is 36.3 Å². The maximum Gasteiger partial charge on any atom is 0.323 e. The lowest BCUT2D eigenvalue weighted by Gasteiger charge is -2.30. The fraction of sp³-hybridized carbons (Fsp3) is 0.280. The lowest BCUT2D eigenvalue weighted by Crippen LogP contribution is -2.47. The Labute approximate surface area is 192 Å². The van der Waals surface area contributed by atoms with Crippen molar-refractivity contribution in [1.29, 1.82) is 0 Å². The molecule has 4 rings (SSSR count). The average Bonchev–Trinajstić information content (AvgIpc) is 2.82. The van der Waals surface area contributed by atoms with Gasteiger partial charge in [0.15, 0.2) is 0 Å². The number of carbonyl (C=O) groups is 2. The Morgan fingerprint density at radius 3 is 2.88 bits per heavy atom. The summed E-state index contributed by atoms with van der Waals surface area (Å²) in [7, 11) is 0. The van der Waals surface area contributed by atoms with Crippen LogP contribution in [-0.4, -0.2) is 52.5 Å². The Morgan fingerprint density at radius 1 is 1.24 bits per heavy atom. The highest BCUT2D eigenvalue weighted by molar-refractivity contribution is 6.01. The fourth-order valence-corrected chi connectivity index (χ4v) is 3.73. The number of anilines is 2. The molecule has 0 aliphatic carbocycles. The maximum atomic E-state index is 12.4. The highest BCUT2D eigenvalue weighted by Crippen LogP contribution is 2.26. The quantitative estimate of drug-likeness (QED) is 0.424. The number of aromatic nitrogens is 2. The number of hydrogen-bond donors (Lipinski definition) is 2. The number of carbonyl (C=O) groups excluding carboxylic acids is 2. The van der Waals surface area contributed by atoms with E-state index in [4.69, 9.17) is 4.74 Å². The van der Waals surface area contributed by atoms with E-state index >= 15 is 0 Å². The minimum absolute atomic E-state index is 0.0555. The summed E-state index contributed by atoms with van der Waals surface area (Å²) in [5.74, 6) is 0.225. The van der Waals surface area contributed by atoms with Crippen LogP contribution in [0.3, 0.4) is 0 Å². The number of morpholine rings is 1. The number of cyclic esters (lactones) is 1. The number of esters is 1. The van der Waals surface area contributed by atoms with Crippen LogP contribution in [0.25, 0.3) is 10.9 Å². The summed E-state index contributed by atoms with van der Waals surface area (Å²) in [5.41, 5.74) is 2.58. The predicted molar refractivity (Wildman–Crippen MR) is 128 cm³/mol. The second-order valence-electron chi connectivity index (χ2n) is 7.96. The molecule has 1 aromatic heterocycles.